The van der Waals surface area contributed by atoms with Crippen LogP contribution in [-0.2, 0) is 11.3 Å². The van der Waals surface area contributed by atoms with Crippen LogP contribution in [0.15, 0.2) is 49.1 Å². The predicted octanol–water partition coefficient (Wildman–Crippen LogP) is 3.65. The molecule has 0 bridgehead atoms. The van der Waals surface area contributed by atoms with Gasteiger partial charge in [-0.25, -0.2) is 13.8 Å². The quantitative estimate of drug-likeness (QED) is 0.496. The number of hydrogen-bond acceptors (Lipinski definition) is 7. The Bertz CT molecular complexity index is 1360. The summed E-state index contributed by atoms with van der Waals surface area (Å²) in [7, 11) is 1.65. The molecule has 0 atom stereocenters. The number of alkyl halides is 2. The minimum atomic E-state index is -2.53. The van der Waals surface area contributed by atoms with Crippen LogP contribution in [0, 0.1) is 6.92 Å². The number of amides is 1. The van der Waals surface area contributed by atoms with Gasteiger partial charge in [-0.15, -0.1) is 0 Å². The van der Waals surface area contributed by atoms with Crippen LogP contribution in [0.4, 0.5) is 37.6 Å². The Kier molecular flexibility index (Phi) is 5.08. The van der Waals surface area contributed by atoms with Crippen LogP contribution in [0.5, 0.6) is 0 Å². The van der Waals surface area contributed by atoms with E-state index in [2.05, 4.69) is 25.4 Å². The van der Waals surface area contributed by atoms with Crippen LogP contribution in [0.25, 0.3) is 10.9 Å². The highest BCUT2D eigenvalue weighted by Gasteiger charge is 2.31. The Hall–Kier alpha value is -4.15. The molecule has 168 valence electrons. The van der Waals surface area contributed by atoms with Crippen LogP contribution >= 0.6 is 0 Å². The lowest BCUT2D eigenvalue weighted by Crippen LogP contribution is -2.42. The van der Waals surface area contributed by atoms with Gasteiger partial charge in [0.05, 0.1) is 23.6 Å². The molecule has 4 aromatic rings. The third-order valence-electron chi connectivity index (χ3n) is 5.49. The van der Waals surface area contributed by atoms with Gasteiger partial charge in [0.15, 0.2) is 5.82 Å². The van der Waals surface area contributed by atoms with Crippen LogP contribution in [0.1, 0.15) is 5.56 Å². The van der Waals surface area contributed by atoms with Crippen molar-refractivity contribution < 1.29 is 13.6 Å². The smallest absolute Gasteiger partial charge is 0.257 e. The third kappa shape index (κ3) is 3.93. The van der Waals surface area contributed by atoms with E-state index in [0.717, 1.165) is 26.8 Å². The summed E-state index contributed by atoms with van der Waals surface area (Å²) in [5, 5.41) is 8.20. The van der Waals surface area contributed by atoms with E-state index in [1.807, 2.05) is 31.2 Å². The maximum absolute atomic E-state index is 12.7. The van der Waals surface area contributed by atoms with Crippen LogP contribution in [0.2, 0.25) is 0 Å². The summed E-state index contributed by atoms with van der Waals surface area (Å²) in [5.74, 6) is 0.644. The number of benzene rings is 1. The van der Waals surface area contributed by atoms with Gasteiger partial charge in [0.1, 0.15) is 18.8 Å². The van der Waals surface area contributed by atoms with Crippen molar-refractivity contribution in [2.75, 3.05) is 28.7 Å². The molecule has 0 radical (unpaired) electrons. The number of nitrogens with one attached hydrogen (secondary N) is 1. The number of likely N-dealkylation sites (N-methyl/N-ethyl adjacent to an activating group) is 1. The maximum Gasteiger partial charge on any atom is 0.257 e. The summed E-state index contributed by atoms with van der Waals surface area (Å²) >= 11 is 0. The Morgan fingerprint density at radius 2 is 2.06 bits per heavy atom. The van der Waals surface area contributed by atoms with E-state index in [1.165, 1.54) is 17.3 Å². The number of anilines is 5. The lowest BCUT2D eigenvalue weighted by atomic mass is 10.1. The molecule has 1 N–H and O–H groups in total. The molecule has 1 aliphatic heterocycles. The molecule has 1 amide bonds. The first-order valence-electron chi connectivity index (χ1n) is 10.2. The van der Waals surface area contributed by atoms with Crippen molar-refractivity contribution in [1.29, 1.82) is 0 Å². The van der Waals surface area contributed by atoms with E-state index >= 15 is 0 Å². The molecular weight excluding hydrogens is 430 g/mol. The topological polar surface area (TPSA) is 92.1 Å². The summed E-state index contributed by atoms with van der Waals surface area (Å²) < 4.78 is 26.6. The van der Waals surface area contributed by atoms with E-state index in [-0.39, 0.29) is 12.5 Å². The maximum atomic E-state index is 12.7. The molecule has 0 unspecified atom stereocenters. The molecule has 9 nitrogen and oxygen atoms in total. The van der Waals surface area contributed by atoms with Gasteiger partial charge in [0.25, 0.3) is 6.43 Å². The van der Waals surface area contributed by atoms with Gasteiger partial charge >= 0.3 is 0 Å². The zero-order chi connectivity index (χ0) is 23.1. The zero-order valence-corrected chi connectivity index (χ0v) is 17.9. The molecule has 3 aromatic heterocycles. The van der Waals surface area contributed by atoms with Gasteiger partial charge in [-0.1, -0.05) is 6.07 Å². The van der Waals surface area contributed by atoms with Gasteiger partial charge in [0.2, 0.25) is 11.9 Å². The number of hydrogen-bond donors (Lipinski definition) is 1. The first kappa shape index (κ1) is 20.7. The molecule has 0 spiro atoms. The number of fused-ring (bicyclic) bond motifs is 2. The molecule has 1 aliphatic rings. The predicted molar refractivity (Wildman–Crippen MR) is 120 cm³/mol. The summed E-state index contributed by atoms with van der Waals surface area (Å²) in [6.45, 7) is 1.44. The second-order valence-corrected chi connectivity index (χ2v) is 7.74. The number of pyridine rings is 1. The van der Waals surface area contributed by atoms with Gasteiger partial charge in [-0.05, 0) is 30.7 Å². The van der Waals surface area contributed by atoms with Crippen molar-refractivity contribution in [1.82, 2.24) is 24.7 Å². The van der Waals surface area contributed by atoms with Crippen LogP contribution in [-0.4, -0.2) is 50.7 Å². The van der Waals surface area contributed by atoms with Gasteiger partial charge in [-0.3, -0.25) is 14.5 Å². The minimum Gasteiger partial charge on any atom is -0.324 e. The highest BCUT2D eigenvalue weighted by Crippen LogP contribution is 2.36. The van der Waals surface area contributed by atoms with Crippen molar-refractivity contribution in [3.8, 4) is 0 Å². The van der Waals surface area contributed by atoms with E-state index in [4.69, 9.17) is 0 Å². The zero-order valence-electron chi connectivity index (χ0n) is 17.9. The standard InChI is InChI=1S/C22H20F2N8O/c1-13-6-17-14(4-3-5-25-17)7-16(13)28-22-26-9-18-21(29-22)32(12-20(33)30(18)2)15-8-27-31(10-15)11-19(23)24/h3-10,19H,11-12H2,1-2H3,(H,26,28,29). The third-order valence-corrected chi connectivity index (χ3v) is 5.49. The first-order valence-corrected chi connectivity index (χ1v) is 10.2. The normalized spacial score (nSPS) is 13.7. The van der Waals surface area contributed by atoms with Gasteiger partial charge in [0, 0.05) is 30.5 Å². The summed E-state index contributed by atoms with van der Waals surface area (Å²) in [4.78, 5) is 29.1. The number of rotatable bonds is 5. The molecule has 4 heterocycles. The molecular formula is C22H20F2N8O. The Morgan fingerprint density at radius 1 is 1.21 bits per heavy atom. The molecule has 0 saturated carbocycles. The van der Waals surface area contributed by atoms with E-state index in [0.29, 0.717) is 23.1 Å². The Labute approximate surface area is 187 Å². The molecule has 0 saturated heterocycles. The largest absolute Gasteiger partial charge is 0.324 e. The lowest BCUT2D eigenvalue weighted by molar-refractivity contribution is -0.117. The number of carbonyl (C=O) groups is 1. The molecule has 0 fully saturated rings. The van der Waals surface area contributed by atoms with Crippen molar-refractivity contribution in [3.05, 3.63) is 54.6 Å². The monoisotopic (exact) mass is 450 g/mol. The number of aromatic nitrogens is 5. The molecule has 1 aromatic carbocycles. The van der Waals surface area contributed by atoms with Crippen molar-refractivity contribution in [2.24, 2.45) is 0 Å². The van der Waals surface area contributed by atoms with Crippen molar-refractivity contribution >= 4 is 45.6 Å². The van der Waals surface area contributed by atoms with Gasteiger partial charge in [-0.2, -0.15) is 10.1 Å². The van der Waals surface area contributed by atoms with Crippen LogP contribution in [0.3, 0.4) is 0 Å². The summed E-state index contributed by atoms with van der Waals surface area (Å²) in [6.07, 6.45) is 3.70. The highest BCUT2D eigenvalue weighted by atomic mass is 19.3. The SMILES string of the molecule is Cc1cc2ncccc2cc1Nc1ncc2c(n1)N(c1cnn(CC(F)F)c1)CC(=O)N2C. The average Bonchev–Trinajstić information content (AvgIpc) is 3.24. The van der Waals surface area contributed by atoms with Crippen LogP contribution < -0.4 is 15.1 Å². The van der Waals surface area contributed by atoms with E-state index in [9.17, 15) is 13.6 Å². The number of aryl methyl sites for hydroxylation is 1. The molecule has 5 rings (SSSR count). The minimum absolute atomic E-state index is 0.000989. The molecule has 11 heteroatoms. The number of nitrogens with zero attached hydrogens (tertiary/aromatic N) is 7. The number of halogens is 2. The second kappa shape index (κ2) is 8.08. The Balaban J connectivity index is 1.51. The fraction of sp³-hybridized carbons (Fsp3) is 0.227. The molecule has 33 heavy (non-hydrogen) atoms. The average molecular weight is 450 g/mol. The Morgan fingerprint density at radius 3 is 2.88 bits per heavy atom. The van der Waals surface area contributed by atoms with Gasteiger partial charge < -0.3 is 15.1 Å². The highest BCUT2D eigenvalue weighted by molar-refractivity contribution is 6.03. The number of carbonyl (C=O) groups excluding carboxylic acids is 1. The summed E-state index contributed by atoms with van der Waals surface area (Å²) in [5.41, 5.74) is 3.69. The first-order chi connectivity index (χ1) is 15.9. The fourth-order valence-electron chi connectivity index (χ4n) is 3.74. The molecule has 0 aliphatic carbocycles. The van der Waals surface area contributed by atoms with Crippen molar-refractivity contribution in [2.45, 2.75) is 19.9 Å². The fourth-order valence-corrected chi connectivity index (χ4v) is 3.74. The summed E-state index contributed by atoms with van der Waals surface area (Å²) in [6, 6.07) is 7.80. The van der Waals surface area contributed by atoms with Crippen molar-refractivity contribution in [3.63, 3.8) is 0 Å². The second-order valence-electron chi connectivity index (χ2n) is 7.74. The van der Waals surface area contributed by atoms with E-state index in [1.54, 1.807) is 24.3 Å². The van der Waals surface area contributed by atoms with E-state index < -0.39 is 13.0 Å². The lowest BCUT2D eigenvalue weighted by Gasteiger charge is -2.33.